The number of H-pyrrole nitrogens is 1. The molecular weight excluding hydrogens is 384 g/mol. The number of hydrogen-bond acceptors (Lipinski definition) is 4. The summed E-state index contributed by atoms with van der Waals surface area (Å²) in [6, 6.07) is 18.4. The van der Waals surface area contributed by atoms with Gasteiger partial charge in [-0.05, 0) is 41.4 Å². The van der Waals surface area contributed by atoms with Crippen molar-refractivity contribution in [3.63, 3.8) is 0 Å². The average molecular weight is 413 g/mol. The Hall–Kier alpha value is -3.15. The number of nitrogens with zero attached hydrogens (tertiary/aromatic N) is 3. The second kappa shape index (κ2) is 8.53. The van der Waals surface area contributed by atoms with E-state index in [2.05, 4.69) is 57.0 Å². The highest BCUT2D eigenvalue weighted by Gasteiger charge is 2.15. The third-order valence-electron chi connectivity index (χ3n) is 6.31. The van der Waals surface area contributed by atoms with Crippen molar-refractivity contribution in [1.29, 1.82) is 0 Å². The van der Waals surface area contributed by atoms with Crippen LogP contribution in [0.3, 0.4) is 0 Å². The number of hydrogen-bond donors (Lipinski definition) is 2. The van der Waals surface area contributed by atoms with E-state index in [1.807, 2.05) is 24.5 Å². The molecule has 0 spiro atoms. The van der Waals surface area contributed by atoms with Gasteiger partial charge in [-0.2, -0.15) is 0 Å². The lowest BCUT2D eigenvalue weighted by Crippen LogP contribution is -2.45. The molecule has 5 heteroatoms. The molecule has 2 aromatic heterocycles. The highest BCUT2D eigenvalue weighted by atomic mass is 16.3. The molecule has 0 bridgehead atoms. The maximum Gasteiger partial charge on any atom is 0.137 e. The molecule has 0 amide bonds. The third kappa shape index (κ3) is 4.20. The molecule has 4 aromatic rings. The van der Waals surface area contributed by atoms with Crippen LogP contribution in [0.4, 0.5) is 0 Å². The van der Waals surface area contributed by atoms with Crippen molar-refractivity contribution in [2.75, 3.05) is 32.7 Å². The summed E-state index contributed by atoms with van der Waals surface area (Å²) in [5.74, 6) is 0.273. The molecule has 1 aliphatic heterocycles. The monoisotopic (exact) mass is 412 g/mol. The van der Waals surface area contributed by atoms with Gasteiger partial charge < -0.3 is 15.0 Å². The van der Waals surface area contributed by atoms with Crippen molar-refractivity contribution in [1.82, 2.24) is 19.8 Å². The number of phenolic OH excluding ortho intramolecular Hbond substituents is 1. The molecule has 0 unspecified atom stereocenters. The van der Waals surface area contributed by atoms with Gasteiger partial charge in [-0.1, -0.05) is 43.3 Å². The molecular formula is C26H28N4O. The Morgan fingerprint density at radius 1 is 0.871 bits per heavy atom. The largest absolute Gasteiger partial charge is 0.508 e. The first kappa shape index (κ1) is 19.8. The van der Waals surface area contributed by atoms with E-state index in [4.69, 9.17) is 0 Å². The summed E-state index contributed by atoms with van der Waals surface area (Å²) in [5, 5.41) is 10.7. The summed E-state index contributed by atoms with van der Waals surface area (Å²) in [6.45, 7) is 9.02. The van der Waals surface area contributed by atoms with Gasteiger partial charge >= 0.3 is 0 Å². The lowest BCUT2D eigenvalue weighted by Gasteiger charge is -2.34. The number of aromatic amines is 1. The topological polar surface area (TPSA) is 55.4 Å². The Morgan fingerprint density at radius 3 is 2.26 bits per heavy atom. The zero-order valence-electron chi connectivity index (χ0n) is 17.9. The maximum absolute atomic E-state index is 9.58. The van der Waals surface area contributed by atoms with Crippen molar-refractivity contribution in [2.45, 2.75) is 13.5 Å². The van der Waals surface area contributed by atoms with E-state index in [9.17, 15) is 5.11 Å². The molecule has 0 saturated carbocycles. The fraction of sp³-hybridized carbons (Fsp3) is 0.269. The molecule has 31 heavy (non-hydrogen) atoms. The Morgan fingerprint density at radius 2 is 1.55 bits per heavy atom. The molecule has 0 atom stereocenters. The lowest BCUT2D eigenvalue weighted by atomic mass is 10.0. The van der Waals surface area contributed by atoms with Crippen molar-refractivity contribution < 1.29 is 5.11 Å². The zero-order valence-corrected chi connectivity index (χ0v) is 17.9. The SMILES string of the molecule is CCN1CCN(Cc2ccc(-c3cnc4[nH]cc(-c5ccc(O)cc5)c4c3)cc2)CC1. The molecule has 2 aromatic carbocycles. The van der Waals surface area contributed by atoms with Crippen LogP contribution in [0, 0.1) is 0 Å². The van der Waals surface area contributed by atoms with E-state index < -0.39 is 0 Å². The summed E-state index contributed by atoms with van der Waals surface area (Å²) in [4.78, 5) is 12.9. The predicted octanol–water partition coefficient (Wildman–Crippen LogP) is 4.74. The number of phenols is 1. The van der Waals surface area contributed by atoms with Gasteiger partial charge in [-0.25, -0.2) is 4.98 Å². The molecule has 2 N–H and O–H groups in total. The fourth-order valence-electron chi connectivity index (χ4n) is 4.37. The van der Waals surface area contributed by atoms with Gasteiger partial charge in [0, 0.05) is 61.6 Å². The van der Waals surface area contributed by atoms with Crippen LogP contribution in [0.1, 0.15) is 12.5 Å². The maximum atomic E-state index is 9.58. The fourth-order valence-corrected chi connectivity index (χ4v) is 4.37. The van der Waals surface area contributed by atoms with Crippen molar-refractivity contribution in [2.24, 2.45) is 0 Å². The van der Waals surface area contributed by atoms with Crippen molar-refractivity contribution >= 4 is 11.0 Å². The number of aromatic hydroxyl groups is 1. The molecule has 5 rings (SSSR count). The standard InChI is InChI=1S/C26H28N4O/c1-2-29-11-13-30(14-12-29)18-19-3-5-20(6-4-19)22-15-24-25(17-28-26(24)27-16-22)21-7-9-23(31)10-8-21/h3-10,15-17,31H,2,11-14,18H2,1H3,(H,27,28). The second-order valence-corrected chi connectivity index (χ2v) is 8.28. The minimum absolute atomic E-state index is 0.273. The van der Waals surface area contributed by atoms with Crippen LogP contribution in [0.5, 0.6) is 5.75 Å². The van der Waals surface area contributed by atoms with Gasteiger partial charge in [-0.15, -0.1) is 0 Å². The molecule has 1 aliphatic rings. The summed E-state index contributed by atoms with van der Waals surface area (Å²) in [5.41, 5.74) is 6.65. The zero-order chi connectivity index (χ0) is 21.2. The minimum Gasteiger partial charge on any atom is -0.508 e. The van der Waals surface area contributed by atoms with Gasteiger partial charge in [0.15, 0.2) is 0 Å². The first-order chi connectivity index (χ1) is 15.2. The summed E-state index contributed by atoms with van der Waals surface area (Å²) >= 11 is 0. The number of piperazine rings is 1. The predicted molar refractivity (Wildman–Crippen MR) is 126 cm³/mol. The third-order valence-corrected chi connectivity index (χ3v) is 6.31. The molecule has 0 radical (unpaired) electrons. The van der Waals surface area contributed by atoms with Gasteiger partial charge in [0.1, 0.15) is 11.4 Å². The number of likely N-dealkylation sites (N-methyl/N-ethyl adjacent to an activating group) is 1. The van der Waals surface area contributed by atoms with Crippen molar-refractivity contribution in [3.05, 3.63) is 72.6 Å². The number of pyridine rings is 1. The number of rotatable bonds is 5. The summed E-state index contributed by atoms with van der Waals surface area (Å²) in [7, 11) is 0. The van der Waals surface area contributed by atoms with Crippen LogP contribution in [-0.4, -0.2) is 57.6 Å². The van der Waals surface area contributed by atoms with Gasteiger partial charge in [-0.3, -0.25) is 4.90 Å². The molecule has 3 heterocycles. The first-order valence-corrected chi connectivity index (χ1v) is 11.0. The average Bonchev–Trinajstić information content (AvgIpc) is 3.24. The van der Waals surface area contributed by atoms with E-state index in [0.717, 1.165) is 53.9 Å². The quantitative estimate of drug-likeness (QED) is 0.497. The first-order valence-electron chi connectivity index (χ1n) is 11.0. The van der Waals surface area contributed by atoms with E-state index in [0.29, 0.717) is 0 Å². The smallest absolute Gasteiger partial charge is 0.137 e. The molecule has 158 valence electrons. The highest BCUT2D eigenvalue weighted by molar-refractivity contribution is 5.95. The molecule has 5 nitrogen and oxygen atoms in total. The van der Waals surface area contributed by atoms with Crippen molar-refractivity contribution in [3.8, 4) is 28.0 Å². The van der Waals surface area contributed by atoms with E-state index in [-0.39, 0.29) is 5.75 Å². The van der Waals surface area contributed by atoms with Crippen LogP contribution >= 0.6 is 0 Å². The highest BCUT2D eigenvalue weighted by Crippen LogP contribution is 2.31. The Kier molecular flexibility index (Phi) is 5.45. The molecule has 0 aliphatic carbocycles. The number of benzene rings is 2. The Labute approximate surface area is 183 Å². The summed E-state index contributed by atoms with van der Waals surface area (Å²) < 4.78 is 0. The van der Waals surface area contributed by atoms with E-state index >= 15 is 0 Å². The van der Waals surface area contributed by atoms with Crippen LogP contribution in [0.2, 0.25) is 0 Å². The van der Waals surface area contributed by atoms with Crippen LogP contribution in [0.25, 0.3) is 33.3 Å². The second-order valence-electron chi connectivity index (χ2n) is 8.28. The summed E-state index contributed by atoms with van der Waals surface area (Å²) in [6.07, 6.45) is 3.91. The molecule has 1 saturated heterocycles. The Balaban J connectivity index is 1.36. The number of nitrogens with one attached hydrogen (secondary N) is 1. The van der Waals surface area contributed by atoms with Crippen LogP contribution in [0.15, 0.2) is 67.0 Å². The van der Waals surface area contributed by atoms with Gasteiger partial charge in [0.2, 0.25) is 0 Å². The lowest BCUT2D eigenvalue weighted by molar-refractivity contribution is 0.132. The number of fused-ring (bicyclic) bond motifs is 1. The van der Waals surface area contributed by atoms with Gasteiger partial charge in [0.25, 0.3) is 0 Å². The van der Waals surface area contributed by atoms with E-state index in [1.54, 1.807) is 12.1 Å². The van der Waals surface area contributed by atoms with Crippen LogP contribution < -0.4 is 0 Å². The Bertz CT molecular complexity index is 1160. The normalized spacial score (nSPS) is 15.5. The molecule has 1 fully saturated rings. The van der Waals surface area contributed by atoms with Gasteiger partial charge in [0.05, 0.1) is 0 Å². The number of aromatic nitrogens is 2. The van der Waals surface area contributed by atoms with Crippen LogP contribution in [-0.2, 0) is 6.54 Å². The van der Waals surface area contributed by atoms with E-state index in [1.165, 1.54) is 24.2 Å². The minimum atomic E-state index is 0.273.